The van der Waals surface area contributed by atoms with Crippen LogP contribution in [0, 0.1) is 0 Å². The fraction of sp³-hybridized carbons (Fsp3) is 0. The molecule has 0 aliphatic rings. The van der Waals surface area contributed by atoms with Gasteiger partial charge in [0.25, 0.3) is 0 Å². The summed E-state index contributed by atoms with van der Waals surface area (Å²) in [5.41, 5.74) is 2.19. The molecule has 3 aromatic carbocycles. The van der Waals surface area contributed by atoms with Crippen LogP contribution in [0.15, 0.2) is 75.9 Å². The molecular weight excluding hydrogens is 332 g/mol. The average molecular weight is 346 g/mol. The maximum Gasteiger partial charge on any atom is 0.197 e. The average Bonchev–Trinajstić information content (AvgIpc) is 2.61. The predicted octanol–water partition coefficient (Wildman–Crippen LogP) is 4.24. The van der Waals surface area contributed by atoms with Crippen LogP contribution in [0.2, 0.25) is 0 Å². The Bertz CT molecular complexity index is 1170. The quantitative estimate of drug-likeness (QED) is 0.505. The van der Waals surface area contributed by atoms with Crippen LogP contribution in [0.4, 0.5) is 0 Å². The normalized spacial score (nSPS) is 10.9. The van der Waals surface area contributed by atoms with Crippen LogP contribution in [0.3, 0.4) is 0 Å². The lowest BCUT2D eigenvalue weighted by molar-refractivity contribution is 0.452. The Balaban J connectivity index is 1.87. The Morgan fingerprint density at radius 2 is 1.42 bits per heavy atom. The highest BCUT2D eigenvalue weighted by atomic mass is 16.3. The molecule has 0 radical (unpaired) electrons. The summed E-state index contributed by atoms with van der Waals surface area (Å²) in [5, 5.41) is 29.0. The van der Waals surface area contributed by atoms with Crippen LogP contribution in [0.1, 0.15) is 0 Å². The molecule has 5 heteroatoms. The van der Waals surface area contributed by atoms with Gasteiger partial charge >= 0.3 is 0 Å². The summed E-state index contributed by atoms with van der Waals surface area (Å²) in [6.45, 7) is 0. The van der Waals surface area contributed by atoms with E-state index in [1.54, 1.807) is 30.3 Å². The SMILES string of the molecule is O=c1cc(-c2cccc(-c3ccc(O)cc3)c2)oc2cc(O)cc(O)c12. The van der Waals surface area contributed by atoms with Crippen LogP contribution in [0.25, 0.3) is 33.4 Å². The maximum atomic E-state index is 12.4. The van der Waals surface area contributed by atoms with Gasteiger partial charge in [-0.15, -0.1) is 0 Å². The summed E-state index contributed by atoms with van der Waals surface area (Å²) in [6.07, 6.45) is 0. The van der Waals surface area contributed by atoms with Crippen LogP contribution in [-0.2, 0) is 0 Å². The van der Waals surface area contributed by atoms with E-state index in [0.717, 1.165) is 17.2 Å². The number of fused-ring (bicyclic) bond motifs is 1. The van der Waals surface area contributed by atoms with E-state index in [-0.39, 0.29) is 28.2 Å². The van der Waals surface area contributed by atoms with Crippen molar-refractivity contribution in [3.63, 3.8) is 0 Å². The van der Waals surface area contributed by atoms with Crippen molar-refractivity contribution in [1.82, 2.24) is 0 Å². The molecule has 4 rings (SSSR count). The monoisotopic (exact) mass is 346 g/mol. The highest BCUT2D eigenvalue weighted by Crippen LogP contribution is 2.32. The second-order valence-electron chi connectivity index (χ2n) is 5.94. The fourth-order valence-electron chi connectivity index (χ4n) is 2.90. The number of benzene rings is 3. The smallest absolute Gasteiger partial charge is 0.197 e. The molecule has 0 atom stereocenters. The number of hydrogen-bond acceptors (Lipinski definition) is 5. The summed E-state index contributed by atoms with van der Waals surface area (Å²) in [6, 6.07) is 17.9. The molecule has 3 N–H and O–H groups in total. The first kappa shape index (κ1) is 15.8. The van der Waals surface area contributed by atoms with E-state index in [4.69, 9.17) is 4.42 Å². The van der Waals surface area contributed by atoms with Gasteiger partial charge in [0.2, 0.25) is 0 Å². The molecule has 1 heterocycles. The lowest BCUT2D eigenvalue weighted by Gasteiger charge is -2.07. The number of aromatic hydroxyl groups is 3. The molecule has 26 heavy (non-hydrogen) atoms. The summed E-state index contributed by atoms with van der Waals surface area (Å²) >= 11 is 0. The van der Waals surface area contributed by atoms with E-state index < -0.39 is 5.43 Å². The zero-order valence-corrected chi connectivity index (χ0v) is 13.5. The Kier molecular flexibility index (Phi) is 3.62. The molecule has 0 bridgehead atoms. The molecule has 5 nitrogen and oxygen atoms in total. The number of hydrogen-bond donors (Lipinski definition) is 3. The Morgan fingerprint density at radius 1 is 0.692 bits per heavy atom. The van der Waals surface area contributed by atoms with Crippen LogP contribution in [0.5, 0.6) is 17.2 Å². The van der Waals surface area contributed by atoms with Crippen molar-refractivity contribution < 1.29 is 19.7 Å². The van der Waals surface area contributed by atoms with Gasteiger partial charge < -0.3 is 19.7 Å². The van der Waals surface area contributed by atoms with Gasteiger partial charge in [0.05, 0.1) is 0 Å². The third-order valence-corrected chi connectivity index (χ3v) is 4.14. The van der Waals surface area contributed by atoms with E-state index >= 15 is 0 Å². The zero-order valence-electron chi connectivity index (χ0n) is 13.5. The second-order valence-corrected chi connectivity index (χ2v) is 5.94. The third-order valence-electron chi connectivity index (χ3n) is 4.14. The van der Waals surface area contributed by atoms with E-state index in [0.29, 0.717) is 11.3 Å². The van der Waals surface area contributed by atoms with Gasteiger partial charge in [-0.25, -0.2) is 0 Å². The molecular formula is C21H14O5. The van der Waals surface area contributed by atoms with Crippen molar-refractivity contribution >= 4 is 11.0 Å². The molecule has 0 aliphatic heterocycles. The van der Waals surface area contributed by atoms with Gasteiger partial charge in [0, 0.05) is 23.8 Å². The molecule has 0 aliphatic carbocycles. The Morgan fingerprint density at radius 3 is 2.19 bits per heavy atom. The minimum Gasteiger partial charge on any atom is -0.508 e. The molecule has 0 saturated heterocycles. The summed E-state index contributed by atoms with van der Waals surface area (Å²) in [7, 11) is 0. The minimum atomic E-state index is -0.395. The molecule has 0 fully saturated rings. The summed E-state index contributed by atoms with van der Waals surface area (Å²) in [4.78, 5) is 12.4. The summed E-state index contributed by atoms with van der Waals surface area (Å²) in [5.74, 6) is 0.00413. The number of rotatable bonds is 2. The molecule has 0 unspecified atom stereocenters. The fourth-order valence-corrected chi connectivity index (χ4v) is 2.90. The standard InChI is InChI=1S/C21H14O5/c22-15-6-4-12(5-7-15)13-2-1-3-14(8-13)19-11-18(25)21-17(24)9-16(23)10-20(21)26-19/h1-11,22-24H. The number of phenolic OH excluding ortho intramolecular Hbond substituents is 3. The van der Waals surface area contributed by atoms with Crippen molar-refractivity contribution in [2.75, 3.05) is 0 Å². The molecule has 4 aromatic rings. The van der Waals surface area contributed by atoms with Gasteiger partial charge in [0.1, 0.15) is 34.0 Å². The lowest BCUT2D eigenvalue weighted by Crippen LogP contribution is -2.00. The zero-order chi connectivity index (χ0) is 18.3. The first-order chi connectivity index (χ1) is 12.5. The van der Waals surface area contributed by atoms with E-state index in [2.05, 4.69) is 0 Å². The van der Waals surface area contributed by atoms with E-state index in [9.17, 15) is 20.1 Å². The van der Waals surface area contributed by atoms with E-state index in [1.165, 1.54) is 12.1 Å². The molecule has 1 aromatic heterocycles. The number of phenols is 3. The molecule has 128 valence electrons. The van der Waals surface area contributed by atoms with Crippen molar-refractivity contribution in [2.24, 2.45) is 0 Å². The Hall–Kier alpha value is -3.73. The van der Waals surface area contributed by atoms with Crippen LogP contribution >= 0.6 is 0 Å². The predicted molar refractivity (Wildman–Crippen MR) is 98.4 cm³/mol. The highest BCUT2D eigenvalue weighted by molar-refractivity contribution is 5.86. The molecule has 0 amide bonds. The minimum absolute atomic E-state index is 0.0289. The van der Waals surface area contributed by atoms with Gasteiger partial charge in [-0.1, -0.05) is 30.3 Å². The maximum absolute atomic E-state index is 12.4. The highest BCUT2D eigenvalue weighted by Gasteiger charge is 2.12. The first-order valence-corrected chi connectivity index (χ1v) is 7.91. The van der Waals surface area contributed by atoms with Crippen molar-refractivity contribution in [1.29, 1.82) is 0 Å². The van der Waals surface area contributed by atoms with Gasteiger partial charge in [-0.3, -0.25) is 4.79 Å². The lowest BCUT2D eigenvalue weighted by atomic mass is 10.0. The van der Waals surface area contributed by atoms with E-state index in [1.807, 2.05) is 18.2 Å². The Labute approximate surface area is 148 Å². The van der Waals surface area contributed by atoms with Gasteiger partial charge in [-0.2, -0.15) is 0 Å². The second kappa shape index (κ2) is 5.97. The van der Waals surface area contributed by atoms with Crippen molar-refractivity contribution in [3.05, 3.63) is 77.0 Å². The van der Waals surface area contributed by atoms with Gasteiger partial charge in [-0.05, 0) is 29.3 Å². The molecule has 0 spiro atoms. The van der Waals surface area contributed by atoms with Crippen molar-refractivity contribution in [2.45, 2.75) is 0 Å². The van der Waals surface area contributed by atoms with Crippen LogP contribution in [-0.4, -0.2) is 15.3 Å². The summed E-state index contributed by atoms with van der Waals surface area (Å²) < 4.78 is 5.74. The third kappa shape index (κ3) is 2.75. The first-order valence-electron chi connectivity index (χ1n) is 7.91. The largest absolute Gasteiger partial charge is 0.508 e. The van der Waals surface area contributed by atoms with Crippen molar-refractivity contribution in [3.8, 4) is 39.7 Å². The van der Waals surface area contributed by atoms with Crippen LogP contribution < -0.4 is 5.43 Å². The topological polar surface area (TPSA) is 90.9 Å². The molecule has 0 saturated carbocycles. The van der Waals surface area contributed by atoms with Gasteiger partial charge in [0.15, 0.2) is 5.43 Å².